The fourth-order valence-electron chi connectivity index (χ4n) is 2.24. The molecule has 1 heterocycles. The third-order valence-electron chi connectivity index (χ3n) is 3.57. The number of hydrogen-bond donors (Lipinski definition) is 2. The zero-order valence-corrected chi connectivity index (χ0v) is 14.3. The van der Waals surface area contributed by atoms with Gasteiger partial charge in [0.25, 0.3) is 0 Å². The van der Waals surface area contributed by atoms with Gasteiger partial charge in [0.1, 0.15) is 11.4 Å². The van der Waals surface area contributed by atoms with E-state index >= 15 is 0 Å². The summed E-state index contributed by atoms with van der Waals surface area (Å²) in [6.45, 7) is 2.94. The van der Waals surface area contributed by atoms with Crippen LogP contribution in [0.2, 0.25) is 0 Å². The molecule has 2 rings (SSSR count). The van der Waals surface area contributed by atoms with Crippen LogP contribution in [-0.4, -0.2) is 34.8 Å². The van der Waals surface area contributed by atoms with E-state index in [1.807, 2.05) is 31.6 Å². The highest BCUT2D eigenvalue weighted by Crippen LogP contribution is 2.28. The van der Waals surface area contributed by atoms with Crippen LogP contribution in [0.25, 0.3) is 0 Å². The second-order valence-corrected chi connectivity index (χ2v) is 6.32. The highest BCUT2D eigenvalue weighted by molar-refractivity contribution is 7.98. The van der Waals surface area contributed by atoms with E-state index < -0.39 is 5.60 Å². The van der Waals surface area contributed by atoms with Gasteiger partial charge in [-0.2, -0.15) is 5.10 Å². The predicted octanol–water partition coefficient (Wildman–Crippen LogP) is 2.15. The Hall–Kier alpha value is -1.50. The zero-order valence-electron chi connectivity index (χ0n) is 13.5. The molecule has 2 aromatic rings. The van der Waals surface area contributed by atoms with Crippen LogP contribution < -0.4 is 10.1 Å². The number of benzene rings is 1. The lowest BCUT2D eigenvalue weighted by Gasteiger charge is -2.22. The summed E-state index contributed by atoms with van der Waals surface area (Å²) in [5.41, 5.74) is 1.03. The summed E-state index contributed by atoms with van der Waals surface area (Å²) in [4.78, 5) is 1.11. The fraction of sp³-hybridized carbons (Fsp3) is 0.438. The molecule has 120 valence electrons. The van der Waals surface area contributed by atoms with Crippen LogP contribution in [-0.2, 0) is 19.2 Å². The van der Waals surface area contributed by atoms with Gasteiger partial charge in [-0.25, -0.2) is 0 Å². The van der Waals surface area contributed by atoms with Crippen molar-refractivity contribution in [2.24, 2.45) is 7.05 Å². The molecule has 5 nitrogen and oxygen atoms in total. The Morgan fingerprint density at radius 3 is 2.82 bits per heavy atom. The first-order chi connectivity index (χ1) is 10.5. The van der Waals surface area contributed by atoms with Gasteiger partial charge in [-0.15, -0.1) is 11.8 Å². The first-order valence-corrected chi connectivity index (χ1v) is 8.32. The molecule has 0 spiro atoms. The van der Waals surface area contributed by atoms with Gasteiger partial charge in [-0.1, -0.05) is 6.07 Å². The van der Waals surface area contributed by atoms with Gasteiger partial charge in [0.2, 0.25) is 0 Å². The number of methoxy groups -OCH3 is 1. The number of thioether (sulfide) groups is 1. The normalized spacial score (nSPS) is 13.9. The van der Waals surface area contributed by atoms with Gasteiger partial charge >= 0.3 is 0 Å². The van der Waals surface area contributed by atoms with Crippen LogP contribution >= 0.6 is 11.8 Å². The van der Waals surface area contributed by atoms with Crippen LogP contribution in [0.4, 0.5) is 0 Å². The average Bonchev–Trinajstić information content (AvgIpc) is 2.94. The Balaban J connectivity index is 1.96. The zero-order chi connectivity index (χ0) is 16.2. The molecule has 22 heavy (non-hydrogen) atoms. The Morgan fingerprint density at radius 2 is 2.23 bits per heavy atom. The maximum Gasteiger partial charge on any atom is 0.132 e. The highest BCUT2D eigenvalue weighted by atomic mass is 32.2. The van der Waals surface area contributed by atoms with Crippen molar-refractivity contribution in [2.45, 2.75) is 24.0 Å². The molecule has 1 aromatic carbocycles. The third-order valence-corrected chi connectivity index (χ3v) is 4.33. The van der Waals surface area contributed by atoms with Crippen LogP contribution in [0, 0.1) is 0 Å². The second-order valence-electron chi connectivity index (χ2n) is 5.47. The van der Waals surface area contributed by atoms with Crippen molar-refractivity contribution in [2.75, 3.05) is 19.9 Å². The first kappa shape index (κ1) is 16.9. The van der Waals surface area contributed by atoms with Crippen molar-refractivity contribution in [3.05, 3.63) is 41.7 Å². The summed E-state index contributed by atoms with van der Waals surface area (Å²) in [6.07, 6.45) is 5.56. The summed E-state index contributed by atoms with van der Waals surface area (Å²) >= 11 is 1.66. The van der Waals surface area contributed by atoms with E-state index in [0.29, 0.717) is 13.1 Å². The lowest BCUT2D eigenvalue weighted by molar-refractivity contribution is 0.0566. The number of hydrogen-bond acceptors (Lipinski definition) is 5. The van der Waals surface area contributed by atoms with Crippen molar-refractivity contribution in [3.63, 3.8) is 0 Å². The van der Waals surface area contributed by atoms with Gasteiger partial charge in [-0.3, -0.25) is 4.68 Å². The molecule has 0 bridgehead atoms. The van der Waals surface area contributed by atoms with Gasteiger partial charge in [0, 0.05) is 36.8 Å². The van der Waals surface area contributed by atoms with E-state index in [-0.39, 0.29) is 0 Å². The predicted molar refractivity (Wildman–Crippen MR) is 89.3 cm³/mol. The molecule has 1 unspecified atom stereocenters. The summed E-state index contributed by atoms with van der Waals surface area (Å²) in [5.74, 6) is 0.888. The van der Waals surface area contributed by atoms with Gasteiger partial charge in [0.05, 0.1) is 13.3 Å². The Morgan fingerprint density at radius 1 is 1.45 bits per heavy atom. The van der Waals surface area contributed by atoms with Crippen LogP contribution in [0.1, 0.15) is 18.1 Å². The molecule has 0 aliphatic heterocycles. The molecular weight excluding hydrogens is 298 g/mol. The van der Waals surface area contributed by atoms with E-state index in [1.54, 1.807) is 36.7 Å². The fourth-order valence-corrected chi connectivity index (χ4v) is 2.86. The average molecular weight is 321 g/mol. The van der Waals surface area contributed by atoms with Crippen molar-refractivity contribution in [1.29, 1.82) is 0 Å². The Bertz CT molecular complexity index is 626. The molecule has 0 radical (unpaired) electrons. The topological polar surface area (TPSA) is 59.3 Å². The number of nitrogens with zero attached hydrogens (tertiary/aromatic N) is 2. The second kappa shape index (κ2) is 7.17. The summed E-state index contributed by atoms with van der Waals surface area (Å²) < 4.78 is 7.01. The van der Waals surface area contributed by atoms with Crippen LogP contribution in [0.5, 0.6) is 5.75 Å². The Labute approximate surface area is 135 Å². The lowest BCUT2D eigenvalue weighted by atomic mass is 9.99. The lowest BCUT2D eigenvalue weighted by Crippen LogP contribution is -2.34. The largest absolute Gasteiger partial charge is 0.496 e. The minimum Gasteiger partial charge on any atom is -0.496 e. The van der Waals surface area contributed by atoms with Crippen molar-refractivity contribution < 1.29 is 9.84 Å². The molecule has 2 N–H and O–H groups in total. The van der Waals surface area contributed by atoms with E-state index in [4.69, 9.17) is 4.74 Å². The summed E-state index contributed by atoms with van der Waals surface area (Å²) in [5, 5.41) is 17.9. The maximum absolute atomic E-state index is 10.5. The molecule has 0 fully saturated rings. The molecule has 1 aromatic heterocycles. The van der Waals surface area contributed by atoms with Gasteiger partial charge in [-0.05, 0) is 30.9 Å². The SMILES string of the molecule is COc1ccc(CNCC(C)(O)c2cnn(C)c2)cc1SC. The van der Waals surface area contributed by atoms with E-state index in [9.17, 15) is 5.11 Å². The number of nitrogens with one attached hydrogen (secondary N) is 1. The van der Waals surface area contributed by atoms with E-state index in [2.05, 4.69) is 16.5 Å². The summed E-state index contributed by atoms with van der Waals surface area (Å²) in [6, 6.07) is 6.11. The molecular formula is C16H23N3O2S. The van der Waals surface area contributed by atoms with Crippen LogP contribution in [0.15, 0.2) is 35.5 Å². The van der Waals surface area contributed by atoms with Gasteiger partial charge < -0.3 is 15.2 Å². The van der Waals surface area contributed by atoms with E-state index in [0.717, 1.165) is 21.8 Å². The molecule has 6 heteroatoms. The minimum atomic E-state index is -0.941. The highest BCUT2D eigenvalue weighted by Gasteiger charge is 2.24. The number of aryl methyl sites for hydroxylation is 1. The van der Waals surface area contributed by atoms with Crippen molar-refractivity contribution in [3.8, 4) is 5.75 Å². The molecule has 1 atom stereocenters. The molecule has 0 saturated carbocycles. The molecule has 0 saturated heterocycles. The molecule has 0 amide bonds. The third kappa shape index (κ3) is 4.03. The van der Waals surface area contributed by atoms with Crippen LogP contribution in [0.3, 0.4) is 0 Å². The molecule has 0 aliphatic carbocycles. The van der Waals surface area contributed by atoms with Gasteiger partial charge in [0.15, 0.2) is 0 Å². The molecule has 0 aliphatic rings. The standard InChI is InChI=1S/C16H23N3O2S/c1-16(20,13-9-18-19(2)10-13)11-17-8-12-5-6-14(21-3)15(7-12)22-4/h5-7,9-10,17,20H,8,11H2,1-4H3. The van der Waals surface area contributed by atoms with Crippen molar-refractivity contribution >= 4 is 11.8 Å². The first-order valence-electron chi connectivity index (χ1n) is 7.09. The van der Waals surface area contributed by atoms with Crippen molar-refractivity contribution in [1.82, 2.24) is 15.1 Å². The minimum absolute atomic E-state index is 0.458. The maximum atomic E-state index is 10.5. The Kier molecular flexibility index (Phi) is 5.50. The van der Waals surface area contributed by atoms with E-state index in [1.165, 1.54) is 0 Å². The smallest absolute Gasteiger partial charge is 0.132 e. The quantitative estimate of drug-likeness (QED) is 0.765. The number of ether oxygens (including phenoxy) is 1. The summed E-state index contributed by atoms with van der Waals surface area (Å²) in [7, 11) is 3.52. The number of aromatic nitrogens is 2. The monoisotopic (exact) mass is 321 g/mol. The number of aliphatic hydroxyl groups is 1. The number of rotatable bonds is 7.